The fraction of sp³-hybridized carbons (Fsp3) is 0. The molecule has 0 radical (unpaired) electrons. The summed E-state index contributed by atoms with van der Waals surface area (Å²) >= 11 is 0. The number of hydrogen-bond donors (Lipinski definition) is 3. The fourth-order valence-corrected chi connectivity index (χ4v) is 3.30. The number of nitrogens with one attached hydrogen (secondary N) is 3. The molecular weight excluding hydrogens is 402 g/mol. The molecule has 3 aromatic carbocycles. The van der Waals surface area contributed by atoms with Crippen LogP contribution >= 0.6 is 0 Å². The van der Waals surface area contributed by atoms with Gasteiger partial charge >= 0.3 is 0 Å². The van der Waals surface area contributed by atoms with Crippen LogP contribution in [-0.4, -0.2) is 26.1 Å². The van der Waals surface area contributed by atoms with E-state index in [9.17, 15) is 4.79 Å². The fourth-order valence-electron chi connectivity index (χ4n) is 3.30. The molecule has 5 rings (SSSR count). The quantitative estimate of drug-likeness (QED) is 0.337. The molecule has 3 N–H and O–H groups in total. The Labute approximate surface area is 183 Å². The van der Waals surface area contributed by atoms with Crippen LogP contribution in [0, 0.1) is 0 Å². The van der Waals surface area contributed by atoms with Gasteiger partial charge in [0.2, 0.25) is 0 Å². The van der Waals surface area contributed by atoms with Gasteiger partial charge in [0, 0.05) is 35.0 Å². The van der Waals surface area contributed by atoms with Crippen LogP contribution in [0.3, 0.4) is 0 Å². The smallest absolute Gasteiger partial charge is 0.255 e. The van der Waals surface area contributed by atoms with Crippen molar-refractivity contribution in [2.24, 2.45) is 0 Å². The molecule has 0 saturated carbocycles. The number of fused-ring (bicyclic) bond motifs is 1. The van der Waals surface area contributed by atoms with E-state index in [4.69, 9.17) is 4.74 Å². The van der Waals surface area contributed by atoms with Crippen LogP contribution in [0.2, 0.25) is 0 Å². The average molecular weight is 421 g/mol. The van der Waals surface area contributed by atoms with Crippen LogP contribution in [0.15, 0.2) is 85.3 Å². The highest BCUT2D eigenvalue weighted by molar-refractivity contribution is 6.04. The number of benzene rings is 3. The first-order chi connectivity index (χ1) is 15.7. The molecule has 156 valence electrons. The van der Waals surface area contributed by atoms with Gasteiger partial charge in [-0.3, -0.25) is 9.89 Å². The van der Waals surface area contributed by atoms with E-state index in [1.54, 1.807) is 24.5 Å². The highest BCUT2D eigenvalue weighted by Crippen LogP contribution is 2.28. The van der Waals surface area contributed by atoms with E-state index in [-0.39, 0.29) is 5.91 Å². The zero-order valence-electron chi connectivity index (χ0n) is 16.9. The summed E-state index contributed by atoms with van der Waals surface area (Å²) in [5.41, 5.74) is 3.77. The Bertz CT molecular complexity index is 1390. The molecule has 5 aromatic rings. The maximum Gasteiger partial charge on any atom is 0.255 e. The van der Waals surface area contributed by atoms with Crippen molar-refractivity contribution in [2.75, 3.05) is 5.32 Å². The molecule has 0 saturated heterocycles. The zero-order valence-corrected chi connectivity index (χ0v) is 16.9. The summed E-state index contributed by atoms with van der Waals surface area (Å²) in [6.07, 6.45) is 7.25. The number of rotatable bonds is 6. The van der Waals surface area contributed by atoms with Gasteiger partial charge in [0.05, 0.1) is 23.2 Å². The number of amides is 1. The van der Waals surface area contributed by atoms with Crippen LogP contribution in [0.4, 0.5) is 5.69 Å². The molecule has 0 fully saturated rings. The molecule has 2 heterocycles. The number of hydrogen-bond acceptors (Lipinski definition) is 4. The van der Waals surface area contributed by atoms with Gasteiger partial charge in [-0.15, -0.1) is 0 Å². The van der Waals surface area contributed by atoms with Crippen LogP contribution in [0.1, 0.15) is 21.7 Å². The first-order valence-corrected chi connectivity index (χ1v) is 10.0. The van der Waals surface area contributed by atoms with E-state index in [0.717, 1.165) is 22.3 Å². The lowest BCUT2D eigenvalue weighted by molar-refractivity contribution is 0.102. The van der Waals surface area contributed by atoms with Crippen molar-refractivity contribution >= 4 is 34.6 Å². The minimum absolute atomic E-state index is 0.169. The lowest BCUT2D eigenvalue weighted by Gasteiger charge is -2.09. The average Bonchev–Trinajstić information content (AvgIpc) is 3.48. The van der Waals surface area contributed by atoms with Gasteiger partial charge in [0.25, 0.3) is 5.91 Å². The van der Waals surface area contributed by atoms with E-state index >= 15 is 0 Å². The van der Waals surface area contributed by atoms with Gasteiger partial charge in [-0.05, 0) is 48.6 Å². The lowest BCUT2D eigenvalue weighted by Crippen LogP contribution is -2.11. The van der Waals surface area contributed by atoms with Gasteiger partial charge in [-0.25, -0.2) is 4.98 Å². The Kier molecular flexibility index (Phi) is 5.20. The SMILES string of the molecule is O=C(Nc1cccc(Oc2ccc3c(/C=C/c4c[nH]cn4)n[nH]c3c2)c1)c1ccccc1. The van der Waals surface area contributed by atoms with Crippen molar-refractivity contribution in [3.8, 4) is 11.5 Å². The molecule has 0 aliphatic heterocycles. The van der Waals surface area contributed by atoms with E-state index in [1.807, 2.05) is 72.9 Å². The third-order valence-corrected chi connectivity index (χ3v) is 4.86. The Morgan fingerprint density at radius 2 is 1.81 bits per heavy atom. The maximum atomic E-state index is 12.4. The standard InChI is InChI=1S/C25H19N5O2/c31-25(17-5-2-1-3-6-17)28-18-7-4-8-20(13-18)32-21-10-11-22-23(29-30-24(22)14-21)12-9-19-15-26-16-27-19/h1-16H,(H,26,27)(H,28,31)(H,29,30)/b12-9+. The number of H-pyrrole nitrogens is 2. The maximum absolute atomic E-state index is 12.4. The first-order valence-electron chi connectivity index (χ1n) is 10.0. The second-order valence-corrected chi connectivity index (χ2v) is 7.09. The monoisotopic (exact) mass is 421 g/mol. The summed E-state index contributed by atoms with van der Waals surface area (Å²) in [6, 6.07) is 22.1. The van der Waals surface area contributed by atoms with Crippen molar-refractivity contribution in [2.45, 2.75) is 0 Å². The number of aromatic amines is 2. The van der Waals surface area contributed by atoms with Gasteiger partial charge in [0.1, 0.15) is 11.5 Å². The van der Waals surface area contributed by atoms with Crippen LogP contribution < -0.4 is 10.1 Å². The van der Waals surface area contributed by atoms with Gasteiger partial charge < -0.3 is 15.0 Å². The summed E-state index contributed by atoms with van der Waals surface area (Å²) in [5.74, 6) is 1.11. The number of imidazole rings is 1. The summed E-state index contributed by atoms with van der Waals surface area (Å²) in [6.45, 7) is 0. The van der Waals surface area contributed by atoms with Gasteiger partial charge in [-0.1, -0.05) is 24.3 Å². The molecule has 7 nitrogen and oxygen atoms in total. The number of carbonyl (C=O) groups excluding carboxylic acids is 1. The third-order valence-electron chi connectivity index (χ3n) is 4.86. The molecule has 0 unspecified atom stereocenters. The summed E-state index contributed by atoms with van der Waals surface area (Å²) in [5, 5.41) is 11.3. The molecule has 0 aliphatic carbocycles. The summed E-state index contributed by atoms with van der Waals surface area (Å²) in [7, 11) is 0. The third kappa shape index (κ3) is 4.27. The second kappa shape index (κ2) is 8.61. The van der Waals surface area contributed by atoms with Crippen LogP contribution in [0.25, 0.3) is 23.1 Å². The number of nitrogens with zero attached hydrogens (tertiary/aromatic N) is 2. The van der Waals surface area contributed by atoms with Crippen molar-refractivity contribution in [3.05, 3.63) is 102 Å². The van der Waals surface area contributed by atoms with E-state index in [0.29, 0.717) is 22.7 Å². The molecule has 2 aromatic heterocycles. The normalized spacial score (nSPS) is 11.1. The lowest BCUT2D eigenvalue weighted by atomic mass is 10.2. The van der Waals surface area contributed by atoms with Crippen molar-refractivity contribution in [1.29, 1.82) is 0 Å². The Hall–Kier alpha value is -4.65. The molecule has 0 atom stereocenters. The molecule has 32 heavy (non-hydrogen) atoms. The molecule has 1 amide bonds. The number of aromatic nitrogens is 4. The predicted octanol–water partition coefficient (Wildman–Crippen LogP) is 5.50. The minimum Gasteiger partial charge on any atom is -0.457 e. The number of anilines is 1. The number of ether oxygens (including phenoxy) is 1. The Morgan fingerprint density at radius 1 is 0.938 bits per heavy atom. The second-order valence-electron chi connectivity index (χ2n) is 7.09. The van der Waals surface area contributed by atoms with E-state index in [2.05, 4.69) is 25.5 Å². The Balaban J connectivity index is 1.31. The van der Waals surface area contributed by atoms with Crippen molar-refractivity contribution in [1.82, 2.24) is 20.2 Å². The summed E-state index contributed by atoms with van der Waals surface area (Å²) in [4.78, 5) is 19.5. The largest absolute Gasteiger partial charge is 0.457 e. The summed E-state index contributed by atoms with van der Waals surface area (Å²) < 4.78 is 6.01. The molecule has 7 heteroatoms. The number of carbonyl (C=O) groups is 1. The predicted molar refractivity (Wildman–Crippen MR) is 125 cm³/mol. The van der Waals surface area contributed by atoms with E-state index in [1.165, 1.54) is 0 Å². The highest BCUT2D eigenvalue weighted by Gasteiger charge is 2.08. The van der Waals surface area contributed by atoms with Gasteiger partial charge in [-0.2, -0.15) is 5.10 Å². The van der Waals surface area contributed by atoms with Gasteiger partial charge in [0.15, 0.2) is 0 Å². The topological polar surface area (TPSA) is 95.7 Å². The first kappa shape index (κ1) is 19.3. The Morgan fingerprint density at radius 3 is 2.66 bits per heavy atom. The molecular formula is C25H19N5O2. The molecule has 0 aliphatic rings. The van der Waals surface area contributed by atoms with E-state index < -0.39 is 0 Å². The van der Waals surface area contributed by atoms with Crippen LogP contribution in [-0.2, 0) is 0 Å². The minimum atomic E-state index is -0.169. The molecule has 0 bridgehead atoms. The van der Waals surface area contributed by atoms with Crippen molar-refractivity contribution < 1.29 is 9.53 Å². The van der Waals surface area contributed by atoms with Crippen molar-refractivity contribution in [3.63, 3.8) is 0 Å². The van der Waals surface area contributed by atoms with Crippen LogP contribution in [0.5, 0.6) is 11.5 Å². The molecule has 0 spiro atoms. The zero-order chi connectivity index (χ0) is 21.8. The highest BCUT2D eigenvalue weighted by atomic mass is 16.5.